The molecular formula is C21H23N3O3. The molecule has 0 spiro atoms. The number of pyridine rings is 1. The second-order valence-corrected chi connectivity index (χ2v) is 7.18. The van der Waals surface area contributed by atoms with Crippen LogP contribution in [0.15, 0.2) is 35.4 Å². The predicted molar refractivity (Wildman–Crippen MR) is 104 cm³/mol. The highest BCUT2D eigenvalue weighted by Gasteiger charge is 2.27. The van der Waals surface area contributed by atoms with E-state index in [-0.39, 0.29) is 11.5 Å². The lowest BCUT2D eigenvalue weighted by Gasteiger charge is -2.29. The first-order valence-corrected chi connectivity index (χ1v) is 9.01. The van der Waals surface area contributed by atoms with E-state index in [1.165, 1.54) is 5.56 Å². The number of ether oxygens (including phenoxy) is 1. The average molecular weight is 365 g/mol. The van der Waals surface area contributed by atoms with Gasteiger partial charge in [-0.15, -0.1) is 0 Å². The number of hydrogen-bond donors (Lipinski definition) is 0. The first-order valence-electron chi connectivity index (χ1n) is 9.01. The van der Waals surface area contributed by atoms with E-state index >= 15 is 0 Å². The zero-order valence-electron chi connectivity index (χ0n) is 16.1. The van der Waals surface area contributed by atoms with Gasteiger partial charge in [-0.1, -0.05) is 12.1 Å². The summed E-state index contributed by atoms with van der Waals surface area (Å²) in [6.45, 7) is 3.07. The molecule has 0 aliphatic carbocycles. The van der Waals surface area contributed by atoms with Crippen LogP contribution in [0.1, 0.15) is 27.0 Å². The molecule has 1 amide bonds. The van der Waals surface area contributed by atoms with Crippen LogP contribution < -0.4 is 10.3 Å². The predicted octanol–water partition coefficient (Wildman–Crippen LogP) is 2.39. The lowest BCUT2D eigenvalue weighted by Crippen LogP contribution is -2.36. The highest BCUT2D eigenvalue weighted by Crippen LogP contribution is 2.30. The van der Waals surface area contributed by atoms with Gasteiger partial charge in [0, 0.05) is 45.1 Å². The Kier molecular flexibility index (Phi) is 4.06. The Bertz CT molecular complexity index is 1110. The first kappa shape index (κ1) is 17.4. The number of hydrogen-bond acceptors (Lipinski definition) is 3. The minimum atomic E-state index is -0.144. The van der Waals surface area contributed by atoms with Gasteiger partial charge in [-0.2, -0.15) is 0 Å². The van der Waals surface area contributed by atoms with Crippen LogP contribution in [0, 0.1) is 6.92 Å². The Morgan fingerprint density at radius 3 is 2.67 bits per heavy atom. The number of fused-ring (bicyclic) bond motifs is 2. The van der Waals surface area contributed by atoms with Crippen LogP contribution in [0.5, 0.6) is 5.75 Å². The van der Waals surface area contributed by atoms with Gasteiger partial charge in [0.1, 0.15) is 5.75 Å². The number of nitrogens with zero attached hydrogens (tertiary/aromatic N) is 3. The van der Waals surface area contributed by atoms with Gasteiger partial charge in [0.2, 0.25) is 0 Å². The molecule has 0 atom stereocenters. The van der Waals surface area contributed by atoms with Crippen LogP contribution in [0.3, 0.4) is 0 Å². The van der Waals surface area contributed by atoms with Gasteiger partial charge in [0.15, 0.2) is 0 Å². The molecule has 0 radical (unpaired) electrons. The van der Waals surface area contributed by atoms with Crippen molar-refractivity contribution >= 4 is 16.8 Å². The van der Waals surface area contributed by atoms with Crippen LogP contribution in [0.25, 0.3) is 10.9 Å². The van der Waals surface area contributed by atoms with E-state index in [4.69, 9.17) is 4.74 Å². The fourth-order valence-corrected chi connectivity index (χ4v) is 4.15. The van der Waals surface area contributed by atoms with Crippen LogP contribution in [0.2, 0.25) is 0 Å². The standard InChI is InChI=1S/C21H23N3O3/c1-13-10-23(3)21(26)18-16(11-22(2)19(13)18)20(25)24-9-8-14-6-5-7-17(27-4)15(14)12-24/h5-7,10-11H,8-9,12H2,1-4H3. The molecule has 6 heteroatoms. The SMILES string of the molecule is COc1cccc2c1CN(C(=O)c1cn(C)c3c(C)cn(C)c(=O)c13)CC2. The normalized spacial score (nSPS) is 13.7. The summed E-state index contributed by atoms with van der Waals surface area (Å²) < 4.78 is 8.89. The Hall–Kier alpha value is -3.02. The number of aryl methyl sites for hydroxylation is 3. The molecule has 6 nitrogen and oxygen atoms in total. The van der Waals surface area contributed by atoms with Crippen molar-refractivity contribution in [2.24, 2.45) is 14.1 Å². The monoisotopic (exact) mass is 365 g/mol. The van der Waals surface area contributed by atoms with Gasteiger partial charge in [0.05, 0.1) is 23.6 Å². The van der Waals surface area contributed by atoms with Crippen molar-refractivity contribution in [2.75, 3.05) is 13.7 Å². The first-order chi connectivity index (χ1) is 12.9. The van der Waals surface area contributed by atoms with Gasteiger partial charge in [0.25, 0.3) is 11.5 Å². The number of amides is 1. The molecule has 2 aromatic heterocycles. The third kappa shape index (κ3) is 2.63. The molecule has 1 aliphatic heterocycles. The summed E-state index contributed by atoms with van der Waals surface area (Å²) in [5.74, 6) is 0.689. The van der Waals surface area contributed by atoms with Crippen molar-refractivity contribution in [3.63, 3.8) is 0 Å². The van der Waals surface area contributed by atoms with Crippen molar-refractivity contribution < 1.29 is 9.53 Å². The summed E-state index contributed by atoms with van der Waals surface area (Å²) >= 11 is 0. The number of methoxy groups -OCH3 is 1. The third-order valence-corrected chi connectivity index (χ3v) is 5.44. The van der Waals surface area contributed by atoms with Crippen molar-refractivity contribution in [3.8, 4) is 5.75 Å². The number of benzene rings is 1. The lowest BCUT2D eigenvalue weighted by molar-refractivity contribution is 0.0735. The maximum Gasteiger partial charge on any atom is 0.260 e. The average Bonchev–Trinajstić information content (AvgIpc) is 3.02. The Balaban J connectivity index is 1.80. The molecule has 4 rings (SSSR count). The molecule has 27 heavy (non-hydrogen) atoms. The van der Waals surface area contributed by atoms with E-state index in [9.17, 15) is 9.59 Å². The summed E-state index contributed by atoms with van der Waals surface area (Å²) in [4.78, 5) is 27.9. The fraction of sp³-hybridized carbons (Fsp3) is 0.333. The van der Waals surface area contributed by atoms with Crippen LogP contribution in [-0.4, -0.2) is 33.6 Å². The molecular weight excluding hydrogens is 342 g/mol. The van der Waals surface area contributed by atoms with E-state index in [0.29, 0.717) is 24.0 Å². The summed E-state index contributed by atoms with van der Waals surface area (Å²) in [7, 11) is 5.24. The highest BCUT2D eigenvalue weighted by molar-refractivity contribution is 6.07. The van der Waals surface area contributed by atoms with E-state index in [1.807, 2.05) is 30.7 Å². The summed E-state index contributed by atoms with van der Waals surface area (Å²) in [5.41, 5.74) is 4.37. The third-order valence-electron chi connectivity index (χ3n) is 5.44. The number of carbonyl (C=O) groups is 1. The zero-order chi connectivity index (χ0) is 19.3. The van der Waals surface area contributed by atoms with Gasteiger partial charge in [-0.05, 0) is 30.5 Å². The zero-order valence-corrected chi connectivity index (χ0v) is 16.1. The van der Waals surface area contributed by atoms with E-state index in [0.717, 1.165) is 28.8 Å². The highest BCUT2D eigenvalue weighted by atomic mass is 16.5. The molecule has 1 aromatic carbocycles. The number of rotatable bonds is 2. The van der Waals surface area contributed by atoms with E-state index in [1.54, 1.807) is 36.0 Å². The fourth-order valence-electron chi connectivity index (χ4n) is 4.15. The van der Waals surface area contributed by atoms with E-state index in [2.05, 4.69) is 6.07 Å². The van der Waals surface area contributed by atoms with Crippen LogP contribution in [0.4, 0.5) is 0 Å². The maximum absolute atomic E-state index is 13.3. The minimum Gasteiger partial charge on any atom is -0.496 e. The van der Waals surface area contributed by atoms with Gasteiger partial charge < -0.3 is 18.8 Å². The second kappa shape index (κ2) is 6.30. The molecule has 1 aliphatic rings. The molecule has 0 unspecified atom stereocenters. The second-order valence-electron chi connectivity index (χ2n) is 7.18. The van der Waals surface area contributed by atoms with Gasteiger partial charge >= 0.3 is 0 Å². The lowest BCUT2D eigenvalue weighted by atomic mass is 9.98. The topological polar surface area (TPSA) is 56.5 Å². The Labute approximate surface area is 157 Å². The van der Waals surface area contributed by atoms with Crippen molar-refractivity contribution in [1.82, 2.24) is 14.0 Å². The van der Waals surface area contributed by atoms with Gasteiger partial charge in [-0.25, -0.2) is 0 Å². The largest absolute Gasteiger partial charge is 0.496 e. The molecule has 0 N–H and O–H groups in total. The molecule has 0 fully saturated rings. The van der Waals surface area contributed by atoms with Crippen molar-refractivity contribution in [1.29, 1.82) is 0 Å². The minimum absolute atomic E-state index is 0.111. The summed E-state index contributed by atoms with van der Waals surface area (Å²) in [6.07, 6.45) is 4.36. The molecule has 0 saturated heterocycles. The molecule has 3 aromatic rings. The molecule has 0 saturated carbocycles. The molecule has 3 heterocycles. The summed E-state index contributed by atoms with van der Waals surface area (Å²) in [6, 6.07) is 5.98. The Morgan fingerprint density at radius 2 is 1.93 bits per heavy atom. The van der Waals surface area contributed by atoms with Crippen molar-refractivity contribution in [3.05, 3.63) is 63.2 Å². The van der Waals surface area contributed by atoms with Crippen LogP contribution in [-0.2, 0) is 27.1 Å². The number of carbonyl (C=O) groups excluding carboxylic acids is 1. The van der Waals surface area contributed by atoms with Crippen LogP contribution >= 0.6 is 0 Å². The number of aromatic nitrogens is 2. The van der Waals surface area contributed by atoms with Gasteiger partial charge in [-0.3, -0.25) is 9.59 Å². The quantitative estimate of drug-likeness (QED) is 0.701. The molecule has 0 bridgehead atoms. The molecule has 140 valence electrons. The van der Waals surface area contributed by atoms with Crippen molar-refractivity contribution in [2.45, 2.75) is 19.9 Å². The Morgan fingerprint density at radius 1 is 1.15 bits per heavy atom. The van der Waals surface area contributed by atoms with E-state index < -0.39 is 0 Å². The summed E-state index contributed by atoms with van der Waals surface area (Å²) in [5, 5.41) is 0.496. The smallest absolute Gasteiger partial charge is 0.260 e. The maximum atomic E-state index is 13.3.